The van der Waals surface area contributed by atoms with Crippen molar-refractivity contribution >= 4 is 16.3 Å². The first-order valence-corrected chi connectivity index (χ1v) is 7.82. The van der Waals surface area contributed by atoms with E-state index < -0.39 is 5.76 Å². The predicted molar refractivity (Wildman–Crippen MR) is 85.0 cm³/mol. The number of rotatable bonds is 3. The van der Waals surface area contributed by atoms with Crippen LogP contribution in [0.4, 0.5) is 0 Å². The van der Waals surface area contributed by atoms with Crippen LogP contribution >= 0.6 is 11.3 Å². The third kappa shape index (κ3) is 2.33. The second-order valence-corrected chi connectivity index (χ2v) is 5.85. The molecule has 0 N–H and O–H groups in total. The van der Waals surface area contributed by atoms with Crippen LogP contribution in [0.25, 0.3) is 16.6 Å². The fourth-order valence-electron chi connectivity index (χ4n) is 2.33. The number of aryl methyl sites for hydroxylation is 1. The summed E-state index contributed by atoms with van der Waals surface area (Å²) in [4.78, 5) is 37.3. The van der Waals surface area contributed by atoms with Crippen LogP contribution in [0, 0.1) is 6.92 Å². The second-order valence-electron chi connectivity index (χ2n) is 5.01. The Morgan fingerprint density at radius 2 is 2.04 bits per heavy atom. The van der Waals surface area contributed by atoms with Crippen LogP contribution < -0.4 is 11.3 Å². The van der Waals surface area contributed by atoms with E-state index in [-0.39, 0.29) is 23.8 Å². The lowest BCUT2D eigenvalue weighted by atomic mass is 10.4. The largest absolute Gasteiger partial charge is 0.442 e. The maximum atomic E-state index is 12.2. The van der Waals surface area contributed by atoms with E-state index in [4.69, 9.17) is 4.52 Å². The molecule has 0 amide bonds. The van der Waals surface area contributed by atoms with E-state index >= 15 is 0 Å². The summed E-state index contributed by atoms with van der Waals surface area (Å²) >= 11 is 1.36. The molecule has 4 heterocycles. The molecular weight excluding hydrogens is 332 g/mol. The summed E-state index contributed by atoms with van der Waals surface area (Å²) in [7, 11) is 0. The zero-order chi connectivity index (χ0) is 16.7. The minimum absolute atomic E-state index is 0.0403. The Morgan fingerprint density at radius 3 is 2.83 bits per heavy atom. The standard InChI is InChI=1S/C14H10N6O3S/c1-8-7-24-13-17-9(5-10(21)20(8)13)6-19-12(18-23-14(19)22)11-15-3-2-4-16-11/h2-5,7H,6H2,1H3. The highest BCUT2D eigenvalue weighted by atomic mass is 32.1. The molecule has 24 heavy (non-hydrogen) atoms. The molecule has 0 aliphatic heterocycles. The Balaban J connectivity index is 1.81. The van der Waals surface area contributed by atoms with Crippen molar-refractivity contribution in [3.63, 3.8) is 0 Å². The number of hydrogen-bond donors (Lipinski definition) is 0. The molecule has 4 rings (SSSR count). The summed E-state index contributed by atoms with van der Waals surface area (Å²) in [5, 5.41) is 5.56. The van der Waals surface area contributed by atoms with Gasteiger partial charge in [0.2, 0.25) is 5.82 Å². The number of fused-ring (bicyclic) bond motifs is 1. The highest BCUT2D eigenvalue weighted by Gasteiger charge is 2.17. The molecule has 120 valence electrons. The van der Waals surface area contributed by atoms with Crippen molar-refractivity contribution in [2.45, 2.75) is 13.5 Å². The van der Waals surface area contributed by atoms with Gasteiger partial charge >= 0.3 is 5.76 Å². The van der Waals surface area contributed by atoms with Gasteiger partial charge in [-0.2, -0.15) is 0 Å². The summed E-state index contributed by atoms with van der Waals surface area (Å²) in [5.74, 6) is -0.222. The molecule has 0 atom stereocenters. The van der Waals surface area contributed by atoms with Crippen molar-refractivity contribution in [1.29, 1.82) is 0 Å². The van der Waals surface area contributed by atoms with Crippen LogP contribution in [0.2, 0.25) is 0 Å². The molecule has 0 aliphatic carbocycles. The molecular formula is C14H10N6O3S. The van der Waals surface area contributed by atoms with E-state index in [2.05, 4.69) is 20.1 Å². The third-order valence-electron chi connectivity index (χ3n) is 3.40. The van der Waals surface area contributed by atoms with Gasteiger partial charge in [-0.1, -0.05) is 5.16 Å². The Kier molecular flexibility index (Phi) is 3.31. The Bertz CT molecular complexity index is 1140. The molecule has 0 aliphatic rings. The van der Waals surface area contributed by atoms with Gasteiger partial charge in [0.25, 0.3) is 5.56 Å². The van der Waals surface area contributed by atoms with Crippen LogP contribution in [0.15, 0.2) is 44.0 Å². The lowest BCUT2D eigenvalue weighted by Crippen LogP contribution is -2.21. The number of aromatic nitrogens is 6. The molecule has 0 saturated heterocycles. The van der Waals surface area contributed by atoms with Crippen molar-refractivity contribution in [2.24, 2.45) is 0 Å². The van der Waals surface area contributed by atoms with Crippen molar-refractivity contribution in [3.8, 4) is 11.6 Å². The lowest BCUT2D eigenvalue weighted by Gasteiger charge is -2.04. The molecule has 0 fully saturated rings. The van der Waals surface area contributed by atoms with E-state index in [0.717, 1.165) is 5.69 Å². The summed E-state index contributed by atoms with van der Waals surface area (Å²) in [6, 6.07) is 3.05. The summed E-state index contributed by atoms with van der Waals surface area (Å²) in [6.45, 7) is 1.88. The van der Waals surface area contributed by atoms with Gasteiger partial charge in [-0.25, -0.2) is 24.3 Å². The van der Waals surface area contributed by atoms with Crippen LogP contribution in [-0.2, 0) is 6.54 Å². The van der Waals surface area contributed by atoms with E-state index in [0.29, 0.717) is 10.7 Å². The van der Waals surface area contributed by atoms with Gasteiger partial charge in [0.15, 0.2) is 10.8 Å². The van der Waals surface area contributed by atoms with Crippen molar-refractivity contribution in [2.75, 3.05) is 0 Å². The molecule has 4 aromatic heterocycles. The summed E-state index contributed by atoms with van der Waals surface area (Å²) in [6.07, 6.45) is 3.08. The Hall–Kier alpha value is -3.14. The average molecular weight is 342 g/mol. The van der Waals surface area contributed by atoms with Gasteiger partial charge < -0.3 is 0 Å². The smallest absolute Gasteiger partial charge is 0.295 e. The summed E-state index contributed by atoms with van der Waals surface area (Å²) < 4.78 is 7.48. The van der Waals surface area contributed by atoms with E-state index in [1.165, 1.54) is 38.8 Å². The van der Waals surface area contributed by atoms with Crippen LogP contribution in [-0.4, -0.2) is 29.1 Å². The molecule has 0 aromatic carbocycles. The molecule has 0 unspecified atom stereocenters. The SMILES string of the molecule is Cc1csc2nc(Cn3c(-c4ncccn4)noc3=O)cc(=O)n12. The van der Waals surface area contributed by atoms with Gasteiger partial charge in [-0.05, 0) is 13.0 Å². The maximum absolute atomic E-state index is 12.2. The van der Waals surface area contributed by atoms with E-state index in [1.807, 2.05) is 12.3 Å². The van der Waals surface area contributed by atoms with Gasteiger partial charge in [0, 0.05) is 29.5 Å². The third-order valence-corrected chi connectivity index (χ3v) is 4.34. The monoisotopic (exact) mass is 342 g/mol. The molecule has 0 radical (unpaired) electrons. The first-order valence-electron chi connectivity index (χ1n) is 6.94. The van der Waals surface area contributed by atoms with Crippen LogP contribution in [0.3, 0.4) is 0 Å². The van der Waals surface area contributed by atoms with Crippen molar-refractivity contribution in [3.05, 3.63) is 62.2 Å². The Labute approximate surface area is 137 Å². The van der Waals surface area contributed by atoms with Crippen molar-refractivity contribution in [1.82, 2.24) is 29.1 Å². The van der Waals surface area contributed by atoms with Crippen LogP contribution in [0.1, 0.15) is 11.4 Å². The molecule has 0 saturated carbocycles. The molecule has 10 heteroatoms. The van der Waals surface area contributed by atoms with E-state index in [9.17, 15) is 9.59 Å². The first-order chi connectivity index (χ1) is 11.6. The number of hydrogen-bond acceptors (Lipinski definition) is 8. The second kappa shape index (κ2) is 5.49. The van der Waals surface area contributed by atoms with Crippen molar-refractivity contribution < 1.29 is 4.52 Å². The zero-order valence-corrected chi connectivity index (χ0v) is 13.2. The maximum Gasteiger partial charge on any atom is 0.442 e. The number of thiazole rings is 1. The first kappa shape index (κ1) is 14.5. The van der Waals surface area contributed by atoms with Gasteiger partial charge in [-0.3, -0.25) is 13.7 Å². The molecule has 4 aromatic rings. The fraction of sp³-hybridized carbons (Fsp3) is 0.143. The highest BCUT2D eigenvalue weighted by molar-refractivity contribution is 7.15. The quantitative estimate of drug-likeness (QED) is 0.540. The molecule has 0 spiro atoms. The van der Waals surface area contributed by atoms with Gasteiger partial charge in [0.05, 0.1) is 12.2 Å². The normalized spacial score (nSPS) is 11.2. The van der Waals surface area contributed by atoms with Crippen LogP contribution in [0.5, 0.6) is 0 Å². The molecule has 0 bridgehead atoms. The lowest BCUT2D eigenvalue weighted by molar-refractivity contribution is 0.378. The fourth-order valence-corrected chi connectivity index (χ4v) is 3.22. The summed E-state index contributed by atoms with van der Waals surface area (Å²) in [5.41, 5.74) is 1.06. The van der Waals surface area contributed by atoms with Gasteiger partial charge in [0.1, 0.15) is 0 Å². The number of nitrogens with zero attached hydrogens (tertiary/aromatic N) is 6. The highest BCUT2D eigenvalue weighted by Crippen LogP contribution is 2.13. The minimum Gasteiger partial charge on any atom is -0.295 e. The van der Waals surface area contributed by atoms with E-state index in [1.54, 1.807) is 6.07 Å². The topological polar surface area (TPSA) is 108 Å². The Morgan fingerprint density at radius 1 is 1.25 bits per heavy atom. The minimum atomic E-state index is -0.665. The van der Waals surface area contributed by atoms with Gasteiger partial charge in [-0.15, -0.1) is 11.3 Å². The molecule has 9 nitrogen and oxygen atoms in total. The average Bonchev–Trinajstić information content (AvgIpc) is 3.13. The predicted octanol–water partition coefficient (Wildman–Crippen LogP) is 0.719. The zero-order valence-electron chi connectivity index (χ0n) is 12.4.